The van der Waals surface area contributed by atoms with E-state index in [1.807, 2.05) is 149 Å². The Labute approximate surface area is 623 Å². The number of allylic oxidation sites excluding steroid dienone is 2. The van der Waals surface area contributed by atoms with Crippen molar-refractivity contribution >= 4 is 57.0 Å². The maximum absolute atomic E-state index is 17.4. The molecule has 104 heavy (non-hydrogen) atoms. The molecule has 1 saturated heterocycles. The SMILES string of the molecule is COCCOCOc1cc(C(ON=S2C=C(CC(=O)N[C@@H]3C(=O)N4C(C(=O)OCc5ccc(OC)cc5)=C(C=CCn5cc[n+]6ccccc56)CSC34)N=C2NC(c2ccccc2)(c2ccccc2)c2ccccc2)C(=O)OC(c2ccccc2)c2ccccc2)c(F)c(F)c1OCOCCOC.[I-]. The quantitative estimate of drug-likeness (QED) is 0.00576. The summed E-state index contributed by atoms with van der Waals surface area (Å²) in [6, 6.07) is 59.3. The maximum atomic E-state index is 17.4. The molecule has 0 aliphatic carbocycles. The lowest BCUT2D eigenvalue weighted by Crippen LogP contribution is -3.00. The van der Waals surface area contributed by atoms with Crippen LogP contribution < -0.4 is 53.2 Å². The van der Waals surface area contributed by atoms with Crippen LogP contribution in [0.3, 0.4) is 0 Å². The lowest BCUT2D eigenvalue weighted by Gasteiger charge is -2.49. The molecule has 3 aliphatic heterocycles. The third-order valence-electron chi connectivity index (χ3n) is 16.9. The van der Waals surface area contributed by atoms with E-state index >= 15 is 13.6 Å². The molecular weight excluding hydrogens is 1490 g/mol. The fraction of sp³-hybridized carbons (Fsp3) is 0.231. The molecule has 5 heterocycles. The maximum Gasteiger partial charge on any atom is 0.355 e. The van der Waals surface area contributed by atoms with Gasteiger partial charge in [0.15, 0.2) is 36.4 Å². The molecular formula is C78H74F2IN7O14S2. The number of imidazole rings is 1. The largest absolute Gasteiger partial charge is 1.00 e. The molecule has 21 nitrogen and oxygen atoms in total. The number of carbonyl (C=O) groups excluding carboxylic acids is 4. The summed E-state index contributed by atoms with van der Waals surface area (Å²) in [5.74, 6) is -6.45. The van der Waals surface area contributed by atoms with E-state index in [-0.39, 0.29) is 79.3 Å². The van der Waals surface area contributed by atoms with E-state index in [0.717, 1.165) is 28.4 Å². The van der Waals surface area contributed by atoms with Gasteiger partial charge in [0.1, 0.15) is 53.9 Å². The molecule has 3 unspecified atom stereocenters. The Morgan fingerprint density at radius 1 is 0.740 bits per heavy atom. The zero-order valence-electron chi connectivity index (χ0n) is 56.8. The molecule has 9 aromatic rings. The molecule has 3 aliphatic rings. The lowest BCUT2D eigenvalue weighted by atomic mass is 9.77. The predicted octanol–water partition coefficient (Wildman–Crippen LogP) is 8.46. The molecule has 538 valence electrons. The average Bonchev–Trinajstić information content (AvgIpc) is 0.749. The molecule has 26 heteroatoms. The van der Waals surface area contributed by atoms with Crippen molar-refractivity contribution in [2.24, 2.45) is 9.52 Å². The molecule has 0 radical (unpaired) electrons. The first-order valence-electron chi connectivity index (χ1n) is 32.9. The van der Waals surface area contributed by atoms with E-state index in [1.54, 1.807) is 97.4 Å². The summed E-state index contributed by atoms with van der Waals surface area (Å²) in [5.41, 5.74) is 3.75. The Morgan fingerprint density at radius 3 is 1.94 bits per heavy atom. The Morgan fingerprint density at radius 2 is 1.34 bits per heavy atom. The van der Waals surface area contributed by atoms with Crippen molar-refractivity contribution in [1.82, 2.24) is 20.1 Å². The van der Waals surface area contributed by atoms with Crippen LogP contribution in [0.1, 0.15) is 57.6 Å². The number of aromatic nitrogens is 2. The Balaban J connectivity index is 0.0000108. The van der Waals surface area contributed by atoms with Gasteiger partial charge in [-0.25, -0.2) is 32.8 Å². The second kappa shape index (κ2) is 36.5. The fourth-order valence-corrected chi connectivity index (χ4v) is 14.5. The van der Waals surface area contributed by atoms with Crippen molar-refractivity contribution < 1.29 is 104 Å². The number of hydrogen-bond donors (Lipinski definition) is 2. The normalized spacial score (nSPS) is 15.9. The average molecular weight is 1560 g/mol. The second-order valence-corrected chi connectivity index (χ2v) is 26.0. The number of amidine groups is 1. The smallest absolute Gasteiger partial charge is 0.355 e. The molecule has 7 aromatic carbocycles. The number of amides is 2. The van der Waals surface area contributed by atoms with Crippen LogP contribution in [0.4, 0.5) is 8.78 Å². The standard InChI is InChI=1S/C78H73F2N7O14S2.HI/c1-92-42-44-95-51-98-63-47-62(66(79)67(80)72(63)99-52-96-45-43-93-2)71(76(91)100-70(54-22-9-4-10-23-54)55-24-11-5-12-25-55)101-84-103-50-60(81-77(103)83-78(57-27-13-6-14-28-57,58-29-15-7-16-30-58)59-31-17-8-18-32-59)46-64(88)82-68-73(89)87-69(75(90)97-48-53-34-36-61(94-3)37-35-53)56(49-102-74(68)87)26-21-39-86-41-40-85-38-20-19-33-65(85)86;/h4-38,40-41,47,50,68,70-71,74H,39,42-46,48-49,51-52H2,1-3H3,(H-,81,82,83,88);1H/t68-,71?,74?,103?;/m1./s1. The molecule has 2 aromatic heterocycles. The zero-order chi connectivity index (χ0) is 71.5. The monoisotopic (exact) mass is 1560 g/mol. The minimum atomic E-state index is -2.21. The molecule has 0 bridgehead atoms. The number of methoxy groups -OCH3 is 3. The number of pyridine rings is 1. The van der Waals surface area contributed by atoms with Gasteiger partial charge < -0.3 is 77.2 Å². The van der Waals surface area contributed by atoms with Crippen LogP contribution in [0.25, 0.3) is 5.65 Å². The predicted molar refractivity (Wildman–Crippen MR) is 381 cm³/mol. The van der Waals surface area contributed by atoms with Gasteiger partial charge in [-0.2, -0.15) is 4.39 Å². The van der Waals surface area contributed by atoms with Crippen molar-refractivity contribution in [3.05, 3.63) is 304 Å². The number of rotatable bonds is 33. The number of thioether (sulfide) groups is 1. The van der Waals surface area contributed by atoms with Gasteiger partial charge in [0.05, 0.1) is 51.9 Å². The van der Waals surface area contributed by atoms with E-state index in [0.29, 0.717) is 34.6 Å². The van der Waals surface area contributed by atoms with Gasteiger partial charge >= 0.3 is 11.9 Å². The number of ether oxygens (including phenoxy) is 9. The minimum Gasteiger partial charge on any atom is -1.00 e. The highest BCUT2D eigenvalue weighted by atomic mass is 127. The summed E-state index contributed by atoms with van der Waals surface area (Å²) in [6.45, 7) is -0.234. The van der Waals surface area contributed by atoms with E-state index in [4.69, 9.17) is 57.0 Å². The van der Waals surface area contributed by atoms with Gasteiger partial charge in [0, 0.05) is 47.7 Å². The van der Waals surface area contributed by atoms with Crippen molar-refractivity contribution in [2.75, 3.05) is 67.1 Å². The number of benzene rings is 7. The van der Waals surface area contributed by atoms with E-state index in [9.17, 15) is 14.4 Å². The molecule has 4 atom stereocenters. The van der Waals surface area contributed by atoms with Gasteiger partial charge in [0.25, 0.3) is 11.6 Å². The summed E-state index contributed by atoms with van der Waals surface area (Å²) >= 11 is 1.38. The third-order valence-corrected chi connectivity index (χ3v) is 19.6. The number of hydrogen-bond acceptors (Lipinski definition) is 18. The highest BCUT2D eigenvalue weighted by Gasteiger charge is 2.54. The van der Waals surface area contributed by atoms with E-state index in [1.165, 1.54) is 30.9 Å². The highest BCUT2D eigenvalue weighted by molar-refractivity contribution is 8.05. The number of esters is 2. The summed E-state index contributed by atoms with van der Waals surface area (Å²) in [4.78, 5) is 72.1. The summed E-state index contributed by atoms with van der Waals surface area (Å²) in [5, 5.41) is 7.62. The first-order chi connectivity index (χ1) is 50.5. The number of nitrogens with one attached hydrogen (secondary N) is 2. The number of fused-ring (bicyclic) bond motifs is 2. The summed E-state index contributed by atoms with van der Waals surface area (Å²) in [7, 11) is 2.74. The Kier molecular flexibility index (Phi) is 26.4. The van der Waals surface area contributed by atoms with Crippen molar-refractivity contribution in [3.8, 4) is 17.2 Å². The van der Waals surface area contributed by atoms with Crippen LogP contribution >= 0.6 is 11.8 Å². The number of aliphatic imine (C=N–C) groups is 1. The minimum absolute atomic E-state index is 0. The number of carbonyl (C=O) groups is 4. The molecule has 2 amide bonds. The summed E-state index contributed by atoms with van der Waals surface area (Å²) < 4.78 is 93.7. The van der Waals surface area contributed by atoms with Crippen LogP contribution in [0, 0.1) is 11.6 Å². The van der Waals surface area contributed by atoms with Crippen LogP contribution in [0.5, 0.6) is 17.2 Å². The van der Waals surface area contributed by atoms with Crippen molar-refractivity contribution in [1.29, 1.82) is 0 Å². The van der Waals surface area contributed by atoms with Crippen molar-refractivity contribution in [3.63, 3.8) is 0 Å². The molecule has 12 rings (SSSR count). The molecule has 2 N–H and O–H groups in total. The Hall–Kier alpha value is -9.91. The lowest BCUT2D eigenvalue weighted by molar-refractivity contribution is -0.510. The topological polar surface area (TPSA) is 222 Å². The van der Waals surface area contributed by atoms with Crippen LogP contribution in [-0.2, 0) is 81.8 Å². The van der Waals surface area contributed by atoms with Gasteiger partial charge in [-0.15, -0.1) is 11.8 Å². The van der Waals surface area contributed by atoms with Gasteiger partial charge in [-0.05, 0) is 69.3 Å². The van der Waals surface area contributed by atoms with E-state index in [2.05, 4.69) is 10.6 Å². The Bertz CT molecular complexity index is 4470. The number of nitrogens with zero attached hydrogens (tertiary/aromatic N) is 5. The zero-order valence-corrected chi connectivity index (χ0v) is 60.6. The highest BCUT2D eigenvalue weighted by Crippen LogP contribution is 2.44. The van der Waals surface area contributed by atoms with Gasteiger partial charge in [-0.3, -0.25) is 14.5 Å². The first kappa shape index (κ1) is 75.3. The van der Waals surface area contributed by atoms with E-state index < -0.39 is 112 Å². The van der Waals surface area contributed by atoms with Crippen molar-refractivity contribution in [2.45, 2.75) is 48.7 Å². The van der Waals surface area contributed by atoms with Gasteiger partial charge in [0.2, 0.25) is 23.6 Å². The van der Waals surface area contributed by atoms with Crippen LogP contribution in [0.2, 0.25) is 0 Å². The third kappa shape index (κ3) is 17.6. The summed E-state index contributed by atoms with van der Waals surface area (Å²) in [6.07, 6.45) is 5.82. The van der Waals surface area contributed by atoms with Crippen LogP contribution in [-0.4, -0.2) is 117 Å². The van der Waals surface area contributed by atoms with Gasteiger partial charge in [-0.1, -0.05) is 180 Å². The molecule has 0 saturated carbocycles. The number of β-lactam (4-membered cyclic amide) rings is 1. The fourth-order valence-electron chi connectivity index (χ4n) is 11.9. The first-order valence-corrected chi connectivity index (χ1v) is 35.2. The molecule has 1 fully saturated rings. The van der Waals surface area contributed by atoms with Crippen LogP contribution in [0.15, 0.2) is 263 Å². The molecule has 0 spiro atoms. The second-order valence-electron chi connectivity index (χ2n) is 23.5. The number of halogens is 3.